The average Bonchev–Trinajstić information content (AvgIpc) is 3.14. The minimum atomic E-state index is -0.306. The SMILES string of the molecule is NCC(=O)c1nc(Sc2ccnc(N)c2Cl)c(N)nc1N1CCC2(CC1)Cc1ccccc1[C@H]2N. The Bertz CT molecular complexity index is 1290. The molecule has 0 saturated carbocycles. The summed E-state index contributed by atoms with van der Waals surface area (Å²) in [7, 11) is 0. The van der Waals surface area contributed by atoms with E-state index in [4.69, 9.17) is 34.5 Å². The zero-order valence-electron chi connectivity index (χ0n) is 19.1. The molecule has 3 aromatic rings. The topological polar surface area (TPSA) is 163 Å². The number of Topliss-reactive ketones (excluding diaryl/α,β-unsaturated/α-hetero) is 1. The first-order chi connectivity index (χ1) is 16.8. The van der Waals surface area contributed by atoms with E-state index in [0.717, 1.165) is 19.3 Å². The van der Waals surface area contributed by atoms with Crippen LogP contribution in [0.5, 0.6) is 0 Å². The van der Waals surface area contributed by atoms with E-state index in [1.165, 1.54) is 22.9 Å². The Morgan fingerprint density at radius 2 is 1.89 bits per heavy atom. The summed E-state index contributed by atoms with van der Waals surface area (Å²) >= 11 is 7.46. The number of carbonyl (C=O) groups is 1. The molecule has 1 fully saturated rings. The molecule has 5 rings (SSSR count). The van der Waals surface area contributed by atoms with Crippen LogP contribution in [0.15, 0.2) is 46.5 Å². The standard InChI is InChI=1S/C24H27ClN8OS/c25-17-16(5-8-30-20(17)28)35-23-21(29)32-22(18(31-23)15(34)12-26)33-9-6-24(7-10-33)11-13-3-1-2-4-14(13)19(24)27/h1-5,8,19H,6-7,9-12,26-27H2,(H2,28,30)(H2,29,32)/t19-/m1/s1. The molecule has 1 aromatic carbocycles. The highest BCUT2D eigenvalue weighted by Gasteiger charge is 2.46. The minimum Gasteiger partial charge on any atom is -0.382 e. The fourth-order valence-electron chi connectivity index (χ4n) is 5.10. The van der Waals surface area contributed by atoms with Gasteiger partial charge in [-0.05, 0) is 41.9 Å². The quantitative estimate of drug-likeness (QED) is 0.375. The van der Waals surface area contributed by atoms with Gasteiger partial charge in [-0.3, -0.25) is 4.79 Å². The Kier molecular flexibility index (Phi) is 6.30. The van der Waals surface area contributed by atoms with Gasteiger partial charge in [-0.2, -0.15) is 0 Å². The predicted octanol–water partition coefficient (Wildman–Crippen LogP) is 2.82. The first-order valence-corrected chi connectivity index (χ1v) is 12.6. The van der Waals surface area contributed by atoms with Crippen LogP contribution in [-0.2, 0) is 6.42 Å². The van der Waals surface area contributed by atoms with Crippen molar-refractivity contribution in [2.75, 3.05) is 36.0 Å². The van der Waals surface area contributed by atoms with Gasteiger partial charge < -0.3 is 27.8 Å². The maximum Gasteiger partial charge on any atom is 0.198 e. The van der Waals surface area contributed by atoms with Crippen LogP contribution in [0.3, 0.4) is 0 Å². The molecule has 35 heavy (non-hydrogen) atoms. The van der Waals surface area contributed by atoms with Gasteiger partial charge in [0, 0.05) is 30.2 Å². The predicted molar refractivity (Wildman–Crippen MR) is 139 cm³/mol. The molecule has 0 radical (unpaired) electrons. The number of hydrogen-bond donors (Lipinski definition) is 4. The van der Waals surface area contributed by atoms with E-state index in [0.29, 0.717) is 33.9 Å². The molecule has 1 aliphatic carbocycles. The number of benzene rings is 1. The lowest BCUT2D eigenvalue weighted by Gasteiger charge is -2.42. The first kappa shape index (κ1) is 23.8. The molecular weight excluding hydrogens is 484 g/mol. The summed E-state index contributed by atoms with van der Waals surface area (Å²) in [6, 6.07) is 10.1. The molecule has 0 bridgehead atoms. The Hall–Kier alpha value is -2.92. The fraction of sp³-hybridized carbons (Fsp3) is 0.333. The van der Waals surface area contributed by atoms with Gasteiger partial charge in [0.2, 0.25) is 0 Å². The van der Waals surface area contributed by atoms with Crippen molar-refractivity contribution in [1.82, 2.24) is 15.0 Å². The number of halogens is 1. The summed E-state index contributed by atoms with van der Waals surface area (Å²) in [5.74, 6) is 0.560. The van der Waals surface area contributed by atoms with Crippen LogP contribution in [-0.4, -0.2) is 40.4 Å². The third-order valence-electron chi connectivity index (χ3n) is 7.06. The van der Waals surface area contributed by atoms with E-state index < -0.39 is 0 Å². The fourth-order valence-corrected chi connectivity index (χ4v) is 6.14. The van der Waals surface area contributed by atoms with Gasteiger partial charge >= 0.3 is 0 Å². The van der Waals surface area contributed by atoms with Crippen LogP contribution >= 0.6 is 23.4 Å². The van der Waals surface area contributed by atoms with Gasteiger partial charge in [-0.15, -0.1) is 0 Å². The lowest BCUT2D eigenvalue weighted by molar-refractivity contribution is 0.0996. The second-order valence-electron chi connectivity index (χ2n) is 9.03. The molecule has 1 spiro atoms. The van der Waals surface area contributed by atoms with E-state index in [-0.39, 0.29) is 41.1 Å². The molecule has 8 N–H and O–H groups in total. The van der Waals surface area contributed by atoms with Crippen LogP contribution in [0.4, 0.5) is 17.5 Å². The summed E-state index contributed by atoms with van der Waals surface area (Å²) in [6.45, 7) is 1.20. The number of pyridine rings is 1. The van der Waals surface area contributed by atoms with E-state index in [1.54, 1.807) is 12.3 Å². The van der Waals surface area contributed by atoms with Gasteiger partial charge in [-0.1, -0.05) is 47.6 Å². The normalized spacial score (nSPS) is 18.6. The number of anilines is 3. The Morgan fingerprint density at radius 3 is 2.60 bits per heavy atom. The summed E-state index contributed by atoms with van der Waals surface area (Å²) in [5, 5.41) is 0.657. The smallest absolute Gasteiger partial charge is 0.198 e. The molecule has 3 heterocycles. The summed E-state index contributed by atoms with van der Waals surface area (Å²) < 4.78 is 0. The number of nitrogen functional groups attached to an aromatic ring is 2. The zero-order valence-corrected chi connectivity index (χ0v) is 20.6. The highest BCUT2D eigenvalue weighted by Crippen LogP contribution is 2.51. The second-order valence-corrected chi connectivity index (χ2v) is 10.4. The van der Waals surface area contributed by atoms with Crippen molar-refractivity contribution in [3.05, 3.63) is 58.4 Å². The molecule has 1 atom stereocenters. The van der Waals surface area contributed by atoms with Crippen LogP contribution < -0.4 is 27.8 Å². The van der Waals surface area contributed by atoms with Crippen LogP contribution in [0.25, 0.3) is 0 Å². The minimum absolute atomic E-state index is 0.00142. The number of fused-ring (bicyclic) bond motifs is 1. The lowest BCUT2D eigenvalue weighted by Crippen LogP contribution is -2.45. The van der Waals surface area contributed by atoms with Gasteiger partial charge in [-0.25, -0.2) is 15.0 Å². The van der Waals surface area contributed by atoms with Crippen LogP contribution in [0.1, 0.15) is 40.5 Å². The largest absolute Gasteiger partial charge is 0.382 e. The van der Waals surface area contributed by atoms with Gasteiger partial charge in [0.05, 0.1) is 11.6 Å². The van der Waals surface area contributed by atoms with Crippen LogP contribution in [0, 0.1) is 5.41 Å². The van der Waals surface area contributed by atoms with Crippen LogP contribution in [0.2, 0.25) is 5.02 Å². The molecule has 0 amide bonds. The average molecular weight is 511 g/mol. The number of ketones is 1. The number of aromatic nitrogens is 3. The van der Waals surface area contributed by atoms with Crippen molar-refractivity contribution in [3.8, 4) is 0 Å². The Balaban J connectivity index is 1.42. The number of nitrogens with two attached hydrogens (primary N) is 4. The first-order valence-electron chi connectivity index (χ1n) is 11.4. The van der Waals surface area contributed by atoms with Gasteiger partial charge in [0.25, 0.3) is 0 Å². The summed E-state index contributed by atoms with van der Waals surface area (Å²) in [5.41, 5.74) is 27.3. The van der Waals surface area contributed by atoms with Crippen molar-refractivity contribution >= 4 is 46.6 Å². The molecule has 9 nitrogen and oxygen atoms in total. The third-order valence-corrected chi connectivity index (χ3v) is 8.62. The summed E-state index contributed by atoms with van der Waals surface area (Å²) in [4.78, 5) is 28.6. The number of nitrogens with zero attached hydrogens (tertiary/aromatic N) is 4. The van der Waals surface area contributed by atoms with E-state index in [1.807, 2.05) is 6.07 Å². The molecule has 2 aliphatic rings. The van der Waals surface area contributed by atoms with E-state index >= 15 is 0 Å². The number of piperidine rings is 1. The van der Waals surface area contributed by atoms with E-state index in [9.17, 15) is 4.79 Å². The number of hydrogen-bond acceptors (Lipinski definition) is 10. The molecule has 182 valence electrons. The lowest BCUT2D eigenvalue weighted by atomic mass is 9.73. The highest BCUT2D eigenvalue weighted by atomic mass is 35.5. The number of rotatable bonds is 5. The summed E-state index contributed by atoms with van der Waals surface area (Å²) in [6.07, 6.45) is 4.27. The maximum absolute atomic E-state index is 12.8. The molecule has 2 aromatic heterocycles. The van der Waals surface area contributed by atoms with Crippen molar-refractivity contribution in [1.29, 1.82) is 0 Å². The van der Waals surface area contributed by atoms with Gasteiger partial charge in [0.15, 0.2) is 23.1 Å². The van der Waals surface area contributed by atoms with Crippen molar-refractivity contribution in [3.63, 3.8) is 0 Å². The third kappa shape index (κ3) is 4.20. The molecule has 11 heteroatoms. The Labute approximate surface area is 212 Å². The van der Waals surface area contributed by atoms with Gasteiger partial charge in [0.1, 0.15) is 10.8 Å². The molecule has 1 saturated heterocycles. The monoisotopic (exact) mass is 510 g/mol. The Morgan fingerprint density at radius 1 is 1.14 bits per heavy atom. The van der Waals surface area contributed by atoms with Crippen molar-refractivity contribution < 1.29 is 4.79 Å². The highest BCUT2D eigenvalue weighted by molar-refractivity contribution is 7.99. The van der Waals surface area contributed by atoms with Crippen molar-refractivity contribution in [2.24, 2.45) is 16.9 Å². The molecular formula is C24H27ClN8OS. The number of carbonyl (C=O) groups excluding carboxylic acids is 1. The van der Waals surface area contributed by atoms with Crippen molar-refractivity contribution in [2.45, 2.75) is 35.2 Å². The maximum atomic E-state index is 12.8. The zero-order chi connectivity index (χ0) is 24.7. The molecule has 0 unspecified atom stereocenters. The second kappa shape index (κ2) is 9.27. The molecule has 1 aliphatic heterocycles. The van der Waals surface area contributed by atoms with E-state index in [2.05, 4.69) is 38.1 Å².